The first-order valence-corrected chi connectivity index (χ1v) is 43.5. The summed E-state index contributed by atoms with van der Waals surface area (Å²) in [5.41, 5.74) is 0. The van der Waals surface area contributed by atoms with E-state index in [4.69, 9.17) is 37.0 Å². The summed E-state index contributed by atoms with van der Waals surface area (Å²) in [6, 6.07) is 0. The third-order valence-electron chi connectivity index (χ3n) is 18.6. The summed E-state index contributed by atoms with van der Waals surface area (Å²) in [6.45, 7) is 9.57. The van der Waals surface area contributed by atoms with Crippen molar-refractivity contribution in [2.45, 2.75) is 426 Å². The van der Waals surface area contributed by atoms with Crippen molar-refractivity contribution in [1.82, 2.24) is 0 Å². The third kappa shape index (κ3) is 70.9. The normalized spacial score (nSPS) is 14.2. The Hall–Kier alpha value is -1.94. The van der Waals surface area contributed by atoms with Crippen molar-refractivity contribution >= 4 is 39.5 Å². The molecule has 576 valence electrons. The van der Waals surface area contributed by atoms with E-state index in [2.05, 4.69) is 41.5 Å². The molecule has 0 rings (SSSR count). The molecular weight excluding hydrogens is 1270 g/mol. The molecule has 0 amide bonds. The zero-order valence-electron chi connectivity index (χ0n) is 63.4. The predicted octanol–water partition coefficient (Wildman–Crippen LogP) is 23.1. The van der Waals surface area contributed by atoms with Crippen LogP contribution in [-0.2, 0) is 65.4 Å². The van der Waals surface area contributed by atoms with Gasteiger partial charge >= 0.3 is 39.5 Å². The number of unbranched alkanes of at least 4 members (excludes halogenated alkanes) is 46. The monoisotopic (exact) mass is 1420 g/mol. The highest BCUT2D eigenvalue weighted by Crippen LogP contribution is 2.45. The van der Waals surface area contributed by atoms with E-state index in [0.717, 1.165) is 102 Å². The van der Waals surface area contributed by atoms with Crippen LogP contribution < -0.4 is 0 Å². The van der Waals surface area contributed by atoms with Crippen LogP contribution in [0.1, 0.15) is 408 Å². The zero-order valence-corrected chi connectivity index (χ0v) is 65.2. The van der Waals surface area contributed by atoms with Gasteiger partial charge in [0.15, 0.2) is 12.2 Å². The Morgan fingerprint density at radius 3 is 0.784 bits per heavy atom. The average Bonchev–Trinajstić information content (AvgIpc) is 1.74. The lowest BCUT2D eigenvalue weighted by Gasteiger charge is -2.21. The molecule has 0 heterocycles. The van der Waals surface area contributed by atoms with Gasteiger partial charge in [-0.3, -0.25) is 37.3 Å². The Kier molecular flexibility index (Phi) is 68.4. The van der Waals surface area contributed by atoms with Crippen molar-refractivity contribution in [1.29, 1.82) is 0 Å². The summed E-state index contributed by atoms with van der Waals surface area (Å²) < 4.78 is 68.6. The van der Waals surface area contributed by atoms with Crippen LogP contribution in [0.3, 0.4) is 0 Å². The molecule has 6 atom stereocenters. The fourth-order valence-corrected chi connectivity index (χ4v) is 13.6. The van der Waals surface area contributed by atoms with Gasteiger partial charge in [-0.05, 0) is 37.5 Å². The molecule has 0 aromatic carbocycles. The van der Waals surface area contributed by atoms with E-state index >= 15 is 0 Å². The molecule has 0 bridgehead atoms. The van der Waals surface area contributed by atoms with E-state index < -0.39 is 97.5 Å². The van der Waals surface area contributed by atoms with Crippen molar-refractivity contribution < 1.29 is 80.2 Å². The number of hydrogen-bond donors (Lipinski definition) is 3. The zero-order chi connectivity index (χ0) is 71.4. The number of esters is 4. The van der Waals surface area contributed by atoms with Gasteiger partial charge in [0.2, 0.25) is 0 Å². The lowest BCUT2D eigenvalue weighted by Crippen LogP contribution is -2.30. The first-order valence-electron chi connectivity index (χ1n) is 40.5. The average molecular weight is 1420 g/mol. The molecule has 17 nitrogen and oxygen atoms in total. The smallest absolute Gasteiger partial charge is 0.462 e. The van der Waals surface area contributed by atoms with Gasteiger partial charge in [0.25, 0.3) is 0 Å². The summed E-state index contributed by atoms with van der Waals surface area (Å²) >= 11 is 0. The number of phosphoric acid groups is 2. The van der Waals surface area contributed by atoms with Gasteiger partial charge < -0.3 is 33.8 Å². The highest BCUT2D eigenvalue weighted by molar-refractivity contribution is 7.47. The lowest BCUT2D eigenvalue weighted by molar-refractivity contribution is -0.161. The van der Waals surface area contributed by atoms with Crippen LogP contribution in [0, 0.1) is 11.8 Å². The fourth-order valence-electron chi connectivity index (χ4n) is 12.0. The molecule has 0 aromatic rings. The van der Waals surface area contributed by atoms with Crippen molar-refractivity contribution in [3.05, 3.63) is 0 Å². The van der Waals surface area contributed by atoms with Crippen LogP contribution in [0.25, 0.3) is 0 Å². The number of carbonyl (C=O) groups is 4. The number of hydrogen-bond acceptors (Lipinski definition) is 15. The molecule has 0 aliphatic rings. The minimum atomic E-state index is -4.96. The van der Waals surface area contributed by atoms with E-state index in [1.165, 1.54) is 225 Å². The molecular formula is C78H152O17P2. The molecule has 0 aliphatic carbocycles. The van der Waals surface area contributed by atoms with E-state index in [0.29, 0.717) is 25.7 Å². The highest BCUT2D eigenvalue weighted by Gasteiger charge is 2.30. The van der Waals surface area contributed by atoms with Crippen LogP contribution in [0.2, 0.25) is 0 Å². The van der Waals surface area contributed by atoms with E-state index in [1.807, 2.05) is 0 Å². The van der Waals surface area contributed by atoms with Crippen LogP contribution in [-0.4, -0.2) is 96.7 Å². The second-order valence-electron chi connectivity index (χ2n) is 28.8. The number of phosphoric ester groups is 2. The van der Waals surface area contributed by atoms with Gasteiger partial charge in [0, 0.05) is 25.7 Å². The summed E-state index contributed by atoms with van der Waals surface area (Å²) in [7, 11) is -9.91. The maximum absolute atomic E-state index is 13.1. The molecule has 19 heteroatoms. The van der Waals surface area contributed by atoms with Crippen molar-refractivity contribution in [2.24, 2.45) is 11.8 Å². The SMILES string of the molecule is CCCCCCCCCCCCCCCCCCCCCC(=O)O[C@H](COC(=O)CCCCCCCCCCCCCCCCC)COP(=O)(O)OC[C@@H](O)COP(=O)(O)OC[C@@H](COC(=O)CCCCCCCCCCC(C)C)OC(=O)CCCCCCCCCCC(C)CC. The number of aliphatic hydroxyl groups is 1. The van der Waals surface area contributed by atoms with Gasteiger partial charge in [-0.1, -0.05) is 356 Å². The van der Waals surface area contributed by atoms with Gasteiger partial charge in [-0.2, -0.15) is 0 Å². The van der Waals surface area contributed by atoms with Crippen LogP contribution in [0.15, 0.2) is 0 Å². The molecule has 0 saturated heterocycles. The second kappa shape index (κ2) is 69.8. The summed E-state index contributed by atoms with van der Waals surface area (Å²) in [5, 5.41) is 10.6. The van der Waals surface area contributed by atoms with Crippen molar-refractivity contribution in [3.63, 3.8) is 0 Å². The Balaban J connectivity index is 5.24. The van der Waals surface area contributed by atoms with Crippen LogP contribution in [0.5, 0.6) is 0 Å². The molecule has 3 unspecified atom stereocenters. The first kappa shape index (κ1) is 95.1. The third-order valence-corrected chi connectivity index (χ3v) is 20.5. The molecule has 97 heavy (non-hydrogen) atoms. The quantitative estimate of drug-likeness (QED) is 0.0222. The van der Waals surface area contributed by atoms with Gasteiger partial charge in [-0.25, -0.2) is 9.13 Å². The molecule has 3 N–H and O–H groups in total. The second-order valence-corrected chi connectivity index (χ2v) is 31.7. The number of aliphatic hydroxyl groups excluding tert-OH is 1. The Labute approximate surface area is 594 Å². The molecule has 0 saturated carbocycles. The minimum absolute atomic E-state index is 0.105. The number of ether oxygens (including phenoxy) is 4. The summed E-state index contributed by atoms with van der Waals surface area (Å²) in [5.74, 6) is -0.618. The topological polar surface area (TPSA) is 237 Å². The molecule has 0 spiro atoms. The standard InChI is InChI=1S/C78H152O17P2/c1-7-10-12-14-16-18-20-22-24-25-26-27-29-31-33-35-44-50-56-62-77(82)94-73(66-88-75(80)60-54-48-42-34-32-30-28-23-21-19-17-15-13-11-8-2)68-92-96(84,85)90-64-72(79)65-91-97(86,87)93-69-74(67-89-76(81)61-55-49-43-38-36-40-46-52-58-70(4)5)95-78(83)63-57-51-45-39-37-41-47-53-59-71(6)9-3/h70-74,79H,7-69H2,1-6H3,(H,84,85)(H,86,87)/t71?,72-,73-,74-/m1/s1. The van der Waals surface area contributed by atoms with Crippen LogP contribution >= 0.6 is 15.6 Å². The van der Waals surface area contributed by atoms with Crippen molar-refractivity contribution in [3.8, 4) is 0 Å². The summed E-state index contributed by atoms with van der Waals surface area (Å²) in [6.07, 6.45) is 58.3. The molecule has 0 fully saturated rings. The van der Waals surface area contributed by atoms with Crippen LogP contribution in [0.4, 0.5) is 0 Å². The van der Waals surface area contributed by atoms with Gasteiger partial charge in [0.1, 0.15) is 19.3 Å². The van der Waals surface area contributed by atoms with E-state index in [1.54, 1.807) is 0 Å². The van der Waals surface area contributed by atoms with Crippen molar-refractivity contribution in [2.75, 3.05) is 39.6 Å². The number of rotatable bonds is 77. The Morgan fingerprint density at radius 2 is 0.526 bits per heavy atom. The van der Waals surface area contributed by atoms with Gasteiger partial charge in [-0.15, -0.1) is 0 Å². The Bertz CT molecular complexity index is 1870. The maximum Gasteiger partial charge on any atom is 0.472 e. The molecule has 0 aliphatic heterocycles. The Morgan fingerprint density at radius 1 is 0.299 bits per heavy atom. The largest absolute Gasteiger partial charge is 0.472 e. The van der Waals surface area contributed by atoms with E-state index in [9.17, 15) is 43.2 Å². The lowest BCUT2D eigenvalue weighted by atomic mass is 9.99. The highest BCUT2D eigenvalue weighted by atomic mass is 31.2. The fraction of sp³-hybridized carbons (Fsp3) is 0.949. The molecule has 0 radical (unpaired) electrons. The summed E-state index contributed by atoms with van der Waals surface area (Å²) in [4.78, 5) is 72.9. The first-order chi connectivity index (χ1) is 46.9. The van der Waals surface area contributed by atoms with Gasteiger partial charge in [0.05, 0.1) is 26.4 Å². The minimum Gasteiger partial charge on any atom is -0.462 e. The maximum atomic E-state index is 13.1. The van der Waals surface area contributed by atoms with E-state index in [-0.39, 0.29) is 25.7 Å². The number of carbonyl (C=O) groups excluding carboxylic acids is 4. The predicted molar refractivity (Wildman–Crippen MR) is 395 cm³/mol. The molecule has 0 aromatic heterocycles.